The average molecular weight is 307 g/mol. The third kappa shape index (κ3) is 2.57. The van der Waals surface area contributed by atoms with E-state index in [0.29, 0.717) is 17.2 Å². The average Bonchev–Trinajstić information content (AvgIpc) is 2.77. The summed E-state index contributed by atoms with van der Waals surface area (Å²) in [6, 6.07) is 9.07. The predicted molar refractivity (Wildman–Crippen MR) is 78.4 cm³/mol. The van der Waals surface area contributed by atoms with Crippen LogP contribution in [0.3, 0.4) is 0 Å². The maximum absolute atomic E-state index is 13.1. The molecule has 0 saturated carbocycles. The third-order valence-electron chi connectivity index (χ3n) is 3.27. The first-order valence-electron chi connectivity index (χ1n) is 6.33. The van der Waals surface area contributed by atoms with Gasteiger partial charge in [-0.15, -0.1) is 0 Å². The van der Waals surface area contributed by atoms with Gasteiger partial charge in [-0.2, -0.15) is 0 Å². The summed E-state index contributed by atoms with van der Waals surface area (Å²) in [6.45, 7) is 0. The van der Waals surface area contributed by atoms with Gasteiger partial charge in [0, 0.05) is 23.4 Å². The number of amides is 1. The number of anilines is 1. The Morgan fingerprint density at radius 3 is 2.67 bits per heavy atom. The van der Waals surface area contributed by atoms with Crippen LogP contribution in [-0.4, -0.2) is 13.0 Å². The molecule has 0 bridgehead atoms. The van der Waals surface area contributed by atoms with E-state index in [1.807, 2.05) is 6.07 Å². The molecule has 21 heavy (non-hydrogen) atoms. The van der Waals surface area contributed by atoms with Crippen LogP contribution in [0.5, 0.6) is 11.5 Å². The van der Waals surface area contributed by atoms with Crippen LogP contribution in [-0.2, 0) is 4.79 Å². The van der Waals surface area contributed by atoms with Crippen LogP contribution < -0.4 is 15.4 Å². The smallest absolute Gasteiger partial charge is 0.246 e. The van der Waals surface area contributed by atoms with Crippen molar-refractivity contribution in [1.29, 1.82) is 0 Å². The molecule has 0 spiro atoms. The fourth-order valence-electron chi connectivity index (χ4n) is 2.27. The quantitative estimate of drug-likeness (QED) is 0.912. The number of halogens is 2. The monoisotopic (exact) mass is 306 g/mol. The maximum atomic E-state index is 13.1. The predicted octanol–water partition coefficient (Wildman–Crippen LogP) is 3.48. The van der Waals surface area contributed by atoms with E-state index < -0.39 is 5.82 Å². The van der Waals surface area contributed by atoms with Gasteiger partial charge in [-0.25, -0.2) is 4.39 Å². The van der Waals surface area contributed by atoms with E-state index in [2.05, 4.69) is 10.6 Å². The van der Waals surface area contributed by atoms with Crippen molar-refractivity contribution in [3.63, 3.8) is 0 Å². The van der Waals surface area contributed by atoms with Gasteiger partial charge in [-0.1, -0.05) is 17.7 Å². The molecular formula is C15H12ClFN2O2. The van der Waals surface area contributed by atoms with Crippen LogP contribution in [0.2, 0.25) is 5.02 Å². The summed E-state index contributed by atoms with van der Waals surface area (Å²) < 4.78 is 18.7. The molecule has 0 saturated heterocycles. The molecule has 2 aromatic rings. The van der Waals surface area contributed by atoms with E-state index in [1.165, 1.54) is 18.2 Å². The van der Waals surface area contributed by atoms with E-state index in [4.69, 9.17) is 16.3 Å². The highest BCUT2D eigenvalue weighted by Gasteiger charge is 2.29. The molecule has 6 heteroatoms. The number of carbonyl (C=O) groups is 1. The number of hydrogen-bond donors (Lipinski definition) is 2. The molecule has 0 radical (unpaired) electrons. The van der Waals surface area contributed by atoms with Crippen molar-refractivity contribution < 1.29 is 13.9 Å². The lowest BCUT2D eigenvalue weighted by molar-refractivity contribution is -0.117. The zero-order valence-corrected chi connectivity index (χ0v) is 11.9. The molecule has 0 aromatic heterocycles. The third-order valence-corrected chi connectivity index (χ3v) is 3.56. The largest absolute Gasteiger partial charge is 0.457 e. The van der Waals surface area contributed by atoms with Crippen LogP contribution in [0.1, 0.15) is 11.6 Å². The van der Waals surface area contributed by atoms with E-state index in [9.17, 15) is 9.18 Å². The number of fused-ring (bicyclic) bond motifs is 1. The first kappa shape index (κ1) is 13.9. The summed E-state index contributed by atoms with van der Waals surface area (Å²) in [7, 11) is 1.73. The fourth-order valence-corrected chi connectivity index (χ4v) is 2.44. The SMILES string of the molecule is CNC1C(=O)Nc2cc(Oc3ccc(F)c(Cl)c3)ccc21. The zero-order valence-electron chi connectivity index (χ0n) is 11.1. The Kier molecular flexibility index (Phi) is 3.53. The molecule has 0 fully saturated rings. The molecular weight excluding hydrogens is 295 g/mol. The molecule has 2 aromatic carbocycles. The fraction of sp³-hybridized carbons (Fsp3) is 0.133. The summed E-state index contributed by atoms with van der Waals surface area (Å²) in [4.78, 5) is 11.7. The highest BCUT2D eigenvalue weighted by molar-refractivity contribution is 6.30. The van der Waals surface area contributed by atoms with Gasteiger partial charge in [0.2, 0.25) is 5.91 Å². The minimum atomic E-state index is -0.498. The second kappa shape index (κ2) is 5.35. The highest BCUT2D eigenvalue weighted by atomic mass is 35.5. The second-order valence-corrected chi connectivity index (χ2v) is 5.05. The van der Waals surface area contributed by atoms with Gasteiger partial charge >= 0.3 is 0 Å². The van der Waals surface area contributed by atoms with Crippen LogP contribution in [0.4, 0.5) is 10.1 Å². The minimum Gasteiger partial charge on any atom is -0.457 e. The standard InChI is InChI=1S/C15H12ClFN2O2/c1-18-14-10-4-2-9(7-13(10)19-15(14)20)21-8-3-5-12(17)11(16)6-8/h2-7,14,18H,1H3,(H,19,20). The summed E-state index contributed by atoms with van der Waals surface area (Å²) >= 11 is 5.71. The van der Waals surface area contributed by atoms with Crippen molar-refractivity contribution in [3.05, 3.63) is 52.8 Å². The second-order valence-electron chi connectivity index (χ2n) is 4.64. The molecule has 2 N–H and O–H groups in total. The topological polar surface area (TPSA) is 50.4 Å². The number of benzene rings is 2. The lowest BCUT2D eigenvalue weighted by atomic mass is 10.1. The number of carbonyl (C=O) groups excluding carboxylic acids is 1. The van der Waals surface area contributed by atoms with Gasteiger partial charge in [-0.05, 0) is 25.2 Å². The Labute approximate surface area is 125 Å². The first-order valence-corrected chi connectivity index (χ1v) is 6.71. The Balaban J connectivity index is 1.87. The van der Waals surface area contributed by atoms with Gasteiger partial charge in [0.05, 0.1) is 5.02 Å². The number of likely N-dealkylation sites (N-methyl/N-ethyl adjacent to an activating group) is 1. The molecule has 0 aliphatic carbocycles. The van der Waals surface area contributed by atoms with E-state index in [1.54, 1.807) is 19.2 Å². The molecule has 1 unspecified atom stereocenters. The van der Waals surface area contributed by atoms with Crippen molar-refractivity contribution in [2.45, 2.75) is 6.04 Å². The highest BCUT2D eigenvalue weighted by Crippen LogP contribution is 2.35. The van der Waals surface area contributed by atoms with E-state index >= 15 is 0 Å². The zero-order chi connectivity index (χ0) is 15.0. The van der Waals surface area contributed by atoms with Crippen LogP contribution in [0.15, 0.2) is 36.4 Å². The first-order chi connectivity index (χ1) is 10.1. The number of hydrogen-bond acceptors (Lipinski definition) is 3. The normalized spacial score (nSPS) is 16.5. The van der Waals surface area contributed by atoms with Crippen molar-refractivity contribution >= 4 is 23.2 Å². The number of rotatable bonds is 3. The number of ether oxygens (including phenoxy) is 1. The van der Waals surface area contributed by atoms with E-state index in [-0.39, 0.29) is 17.0 Å². The van der Waals surface area contributed by atoms with Gasteiger partial charge in [0.15, 0.2) is 0 Å². The van der Waals surface area contributed by atoms with E-state index in [0.717, 1.165) is 5.56 Å². The molecule has 108 valence electrons. The van der Waals surface area contributed by atoms with Crippen molar-refractivity contribution in [2.24, 2.45) is 0 Å². The molecule has 3 rings (SSSR count). The Hall–Kier alpha value is -2.11. The molecule has 1 amide bonds. The van der Waals surface area contributed by atoms with Crippen LogP contribution >= 0.6 is 11.6 Å². The van der Waals surface area contributed by atoms with Gasteiger partial charge in [0.25, 0.3) is 0 Å². The Bertz CT molecular complexity index is 721. The molecule has 1 aliphatic heterocycles. The maximum Gasteiger partial charge on any atom is 0.246 e. The summed E-state index contributed by atoms with van der Waals surface area (Å²) in [5.74, 6) is 0.362. The van der Waals surface area contributed by atoms with Crippen molar-refractivity contribution in [1.82, 2.24) is 5.32 Å². The van der Waals surface area contributed by atoms with Crippen molar-refractivity contribution in [3.8, 4) is 11.5 Å². The molecule has 4 nitrogen and oxygen atoms in total. The Morgan fingerprint density at radius 1 is 1.24 bits per heavy atom. The van der Waals surface area contributed by atoms with Gasteiger partial charge in [-0.3, -0.25) is 4.79 Å². The van der Waals surface area contributed by atoms with Crippen LogP contribution in [0, 0.1) is 5.82 Å². The Morgan fingerprint density at radius 2 is 1.95 bits per heavy atom. The molecule has 1 heterocycles. The lowest BCUT2D eigenvalue weighted by Gasteiger charge is -2.09. The van der Waals surface area contributed by atoms with Crippen molar-refractivity contribution in [2.75, 3.05) is 12.4 Å². The van der Waals surface area contributed by atoms with Crippen LogP contribution in [0.25, 0.3) is 0 Å². The van der Waals surface area contributed by atoms with Gasteiger partial charge < -0.3 is 15.4 Å². The number of nitrogens with one attached hydrogen (secondary N) is 2. The lowest BCUT2D eigenvalue weighted by Crippen LogP contribution is -2.23. The summed E-state index contributed by atoms with van der Waals surface area (Å²) in [5, 5.41) is 5.72. The summed E-state index contributed by atoms with van der Waals surface area (Å²) in [5.41, 5.74) is 1.57. The minimum absolute atomic E-state index is 0.00258. The molecule has 1 aliphatic rings. The molecule has 1 atom stereocenters. The summed E-state index contributed by atoms with van der Waals surface area (Å²) in [6.07, 6.45) is 0. The van der Waals surface area contributed by atoms with Gasteiger partial charge in [0.1, 0.15) is 23.4 Å².